The summed E-state index contributed by atoms with van der Waals surface area (Å²) in [6.07, 6.45) is 3.64. The summed E-state index contributed by atoms with van der Waals surface area (Å²) < 4.78 is 5.05. The summed E-state index contributed by atoms with van der Waals surface area (Å²) >= 11 is 0. The minimum absolute atomic E-state index is 0.137. The van der Waals surface area contributed by atoms with Crippen molar-refractivity contribution < 1.29 is 14.3 Å². The van der Waals surface area contributed by atoms with E-state index in [1.54, 1.807) is 0 Å². The molecule has 2 amide bonds. The summed E-state index contributed by atoms with van der Waals surface area (Å²) in [5, 5.41) is 0. The number of amides is 2. The summed E-state index contributed by atoms with van der Waals surface area (Å²) in [4.78, 5) is 30.1. The minimum Gasteiger partial charge on any atom is -0.448 e. The smallest absolute Gasteiger partial charge is 0.410 e. The summed E-state index contributed by atoms with van der Waals surface area (Å²) in [7, 11) is 0. The normalized spacial score (nSPS) is 27.9. The van der Waals surface area contributed by atoms with Gasteiger partial charge in [0.05, 0.1) is 6.54 Å². The van der Waals surface area contributed by atoms with Gasteiger partial charge < -0.3 is 19.4 Å². The van der Waals surface area contributed by atoms with Crippen LogP contribution in [0.15, 0.2) is 0 Å². The highest BCUT2D eigenvalue weighted by Crippen LogP contribution is 2.24. The Morgan fingerprint density at radius 3 is 2.48 bits per heavy atom. The maximum atomic E-state index is 12.0. The number of likely N-dealkylation sites (tertiary alicyclic amines) is 2. The highest BCUT2D eigenvalue weighted by Gasteiger charge is 2.34. The lowest BCUT2D eigenvalue weighted by atomic mass is 9.94. The van der Waals surface area contributed by atoms with Crippen LogP contribution in [0.5, 0.6) is 0 Å². The number of hydrogen-bond donors (Lipinski definition) is 0. The standard InChI is InChI=1S/C17H29N3O3/c1-13(2)20-12-14(3-4-16(20)21)11-18-7-5-15(6-8-18)19-9-10-23-17(19)22/h13-15H,3-12H2,1-2H3. The topological polar surface area (TPSA) is 53.1 Å². The molecule has 3 fully saturated rings. The lowest BCUT2D eigenvalue weighted by Gasteiger charge is -2.40. The molecule has 130 valence electrons. The summed E-state index contributed by atoms with van der Waals surface area (Å²) in [6.45, 7) is 9.54. The maximum absolute atomic E-state index is 12.0. The SMILES string of the molecule is CC(C)N1CC(CN2CCC(N3CCOC3=O)CC2)CCC1=O. The zero-order chi connectivity index (χ0) is 16.4. The first-order chi connectivity index (χ1) is 11.0. The molecule has 0 spiro atoms. The lowest BCUT2D eigenvalue weighted by molar-refractivity contribution is -0.137. The van der Waals surface area contributed by atoms with Gasteiger partial charge in [0.15, 0.2) is 0 Å². The van der Waals surface area contributed by atoms with Gasteiger partial charge in [-0.25, -0.2) is 4.79 Å². The second-order valence-electron chi connectivity index (χ2n) is 7.38. The second-order valence-corrected chi connectivity index (χ2v) is 7.38. The van der Waals surface area contributed by atoms with Crippen molar-refractivity contribution in [3.05, 3.63) is 0 Å². The Hall–Kier alpha value is -1.30. The zero-order valence-electron chi connectivity index (χ0n) is 14.4. The van der Waals surface area contributed by atoms with Gasteiger partial charge in [0.2, 0.25) is 5.91 Å². The van der Waals surface area contributed by atoms with Crippen molar-refractivity contribution in [1.29, 1.82) is 0 Å². The Labute approximate surface area is 138 Å². The number of ether oxygens (including phenoxy) is 1. The summed E-state index contributed by atoms with van der Waals surface area (Å²) in [5.74, 6) is 0.894. The van der Waals surface area contributed by atoms with Crippen LogP contribution >= 0.6 is 0 Å². The van der Waals surface area contributed by atoms with Crippen LogP contribution < -0.4 is 0 Å². The van der Waals surface area contributed by atoms with Gasteiger partial charge in [-0.3, -0.25) is 4.79 Å². The molecule has 0 aromatic rings. The van der Waals surface area contributed by atoms with Crippen LogP contribution in [0, 0.1) is 5.92 Å². The minimum atomic E-state index is -0.137. The molecule has 3 aliphatic rings. The average Bonchev–Trinajstić information content (AvgIpc) is 2.96. The van der Waals surface area contributed by atoms with Crippen molar-refractivity contribution >= 4 is 12.0 Å². The van der Waals surface area contributed by atoms with Crippen molar-refractivity contribution in [1.82, 2.24) is 14.7 Å². The Morgan fingerprint density at radius 1 is 1.13 bits per heavy atom. The number of carbonyl (C=O) groups is 2. The van der Waals surface area contributed by atoms with E-state index in [0.717, 1.165) is 52.0 Å². The van der Waals surface area contributed by atoms with Crippen LogP contribution in [-0.2, 0) is 9.53 Å². The van der Waals surface area contributed by atoms with Crippen LogP contribution in [0.2, 0.25) is 0 Å². The Balaban J connectivity index is 1.45. The van der Waals surface area contributed by atoms with Gasteiger partial charge >= 0.3 is 6.09 Å². The van der Waals surface area contributed by atoms with Crippen molar-refractivity contribution in [3.8, 4) is 0 Å². The third-order valence-electron chi connectivity index (χ3n) is 5.47. The molecule has 23 heavy (non-hydrogen) atoms. The molecular weight excluding hydrogens is 294 g/mol. The Bertz CT molecular complexity index is 446. The number of cyclic esters (lactones) is 1. The predicted octanol–water partition coefficient (Wildman–Crippen LogP) is 1.55. The van der Waals surface area contributed by atoms with Crippen LogP contribution in [0.4, 0.5) is 4.79 Å². The van der Waals surface area contributed by atoms with Crippen LogP contribution in [-0.4, -0.2) is 78.1 Å². The summed E-state index contributed by atoms with van der Waals surface area (Å²) in [5.41, 5.74) is 0. The van der Waals surface area contributed by atoms with Gasteiger partial charge in [-0.2, -0.15) is 0 Å². The highest BCUT2D eigenvalue weighted by molar-refractivity contribution is 5.77. The van der Waals surface area contributed by atoms with E-state index in [2.05, 4.69) is 18.7 Å². The molecule has 3 saturated heterocycles. The zero-order valence-corrected chi connectivity index (χ0v) is 14.4. The molecule has 0 aromatic heterocycles. The molecule has 6 nitrogen and oxygen atoms in total. The fraction of sp³-hybridized carbons (Fsp3) is 0.882. The van der Waals surface area contributed by atoms with Gasteiger partial charge in [0.25, 0.3) is 0 Å². The summed E-state index contributed by atoms with van der Waals surface area (Å²) in [6, 6.07) is 0.651. The number of hydrogen-bond acceptors (Lipinski definition) is 4. The average molecular weight is 323 g/mol. The van der Waals surface area contributed by atoms with E-state index >= 15 is 0 Å². The van der Waals surface area contributed by atoms with E-state index < -0.39 is 0 Å². The first-order valence-corrected chi connectivity index (χ1v) is 9.00. The fourth-order valence-electron chi connectivity index (χ4n) is 4.11. The van der Waals surface area contributed by atoms with E-state index in [4.69, 9.17) is 4.74 Å². The maximum Gasteiger partial charge on any atom is 0.410 e. The molecule has 3 heterocycles. The third kappa shape index (κ3) is 3.79. The molecule has 1 atom stereocenters. The Kier molecular flexibility index (Phi) is 5.09. The van der Waals surface area contributed by atoms with Gasteiger partial charge in [-0.1, -0.05) is 0 Å². The van der Waals surface area contributed by atoms with Crippen LogP contribution in [0.3, 0.4) is 0 Å². The van der Waals surface area contributed by atoms with Crippen molar-refractivity contribution in [2.75, 3.05) is 39.3 Å². The fourth-order valence-corrected chi connectivity index (χ4v) is 4.11. The number of nitrogens with zero attached hydrogens (tertiary/aromatic N) is 3. The molecular formula is C17H29N3O3. The number of rotatable bonds is 4. The number of piperidine rings is 2. The van der Waals surface area contributed by atoms with Gasteiger partial charge in [0.1, 0.15) is 6.61 Å². The first kappa shape index (κ1) is 16.6. The van der Waals surface area contributed by atoms with Crippen molar-refractivity contribution in [3.63, 3.8) is 0 Å². The van der Waals surface area contributed by atoms with E-state index in [0.29, 0.717) is 36.9 Å². The molecule has 0 bridgehead atoms. The van der Waals surface area contributed by atoms with Crippen LogP contribution in [0.1, 0.15) is 39.5 Å². The molecule has 6 heteroatoms. The first-order valence-electron chi connectivity index (χ1n) is 9.00. The van der Waals surface area contributed by atoms with E-state index in [-0.39, 0.29) is 6.09 Å². The third-order valence-corrected chi connectivity index (χ3v) is 5.47. The van der Waals surface area contributed by atoms with Gasteiger partial charge in [0, 0.05) is 44.7 Å². The second kappa shape index (κ2) is 7.07. The van der Waals surface area contributed by atoms with Crippen molar-refractivity contribution in [2.45, 2.75) is 51.6 Å². The monoisotopic (exact) mass is 323 g/mol. The van der Waals surface area contributed by atoms with E-state index in [9.17, 15) is 9.59 Å². The highest BCUT2D eigenvalue weighted by atomic mass is 16.6. The van der Waals surface area contributed by atoms with Gasteiger partial charge in [-0.15, -0.1) is 0 Å². The molecule has 3 rings (SSSR count). The largest absolute Gasteiger partial charge is 0.448 e. The molecule has 0 saturated carbocycles. The predicted molar refractivity (Wildman–Crippen MR) is 87.1 cm³/mol. The molecule has 3 aliphatic heterocycles. The van der Waals surface area contributed by atoms with Gasteiger partial charge in [-0.05, 0) is 39.0 Å². The molecule has 0 N–H and O–H groups in total. The number of carbonyl (C=O) groups excluding carboxylic acids is 2. The lowest BCUT2D eigenvalue weighted by Crippen LogP contribution is -2.50. The van der Waals surface area contributed by atoms with Crippen LogP contribution in [0.25, 0.3) is 0 Å². The molecule has 0 radical (unpaired) electrons. The van der Waals surface area contributed by atoms with Crippen molar-refractivity contribution in [2.24, 2.45) is 5.92 Å². The molecule has 0 aromatic carbocycles. The Morgan fingerprint density at radius 2 is 1.87 bits per heavy atom. The van der Waals surface area contributed by atoms with E-state index in [1.807, 2.05) is 9.80 Å². The molecule has 0 aliphatic carbocycles. The van der Waals surface area contributed by atoms with E-state index in [1.165, 1.54) is 0 Å². The quantitative estimate of drug-likeness (QED) is 0.788. The molecule has 1 unspecified atom stereocenters.